The van der Waals surface area contributed by atoms with Crippen molar-refractivity contribution in [2.24, 2.45) is 0 Å². The van der Waals surface area contributed by atoms with Crippen LogP contribution in [0.1, 0.15) is 23.6 Å². The highest BCUT2D eigenvalue weighted by atomic mass is 16.5. The van der Waals surface area contributed by atoms with Crippen LogP contribution in [0.5, 0.6) is 5.75 Å². The third-order valence-electron chi connectivity index (χ3n) is 3.44. The van der Waals surface area contributed by atoms with Crippen LogP contribution in [0, 0.1) is 13.8 Å². The minimum Gasteiger partial charge on any atom is -0.473 e. The van der Waals surface area contributed by atoms with Crippen molar-refractivity contribution in [2.75, 3.05) is 12.0 Å². The third-order valence-corrected chi connectivity index (χ3v) is 3.44. The lowest BCUT2D eigenvalue weighted by molar-refractivity contribution is 0.234. The van der Waals surface area contributed by atoms with Crippen LogP contribution in [0.3, 0.4) is 0 Å². The fraction of sp³-hybridized carbons (Fsp3) is 0.278. The first-order valence-electron chi connectivity index (χ1n) is 7.43. The largest absolute Gasteiger partial charge is 0.473 e. The van der Waals surface area contributed by atoms with E-state index in [1.165, 1.54) is 5.56 Å². The number of aryl methyl sites for hydroxylation is 3. The van der Waals surface area contributed by atoms with Gasteiger partial charge in [0.25, 0.3) is 0 Å². The summed E-state index contributed by atoms with van der Waals surface area (Å²) in [5.74, 6) is 0.803. The van der Waals surface area contributed by atoms with Crippen molar-refractivity contribution >= 4 is 11.7 Å². The molecule has 2 rings (SSSR count). The van der Waals surface area contributed by atoms with Gasteiger partial charge in [-0.1, -0.05) is 42.8 Å². The summed E-state index contributed by atoms with van der Waals surface area (Å²) in [5.41, 5.74) is 4.13. The first-order valence-corrected chi connectivity index (χ1v) is 7.43. The molecular weight excluding hydrogens is 276 g/mol. The second-order valence-electron chi connectivity index (χ2n) is 5.20. The molecule has 22 heavy (non-hydrogen) atoms. The first-order chi connectivity index (χ1) is 10.6. The van der Waals surface area contributed by atoms with Crippen molar-refractivity contribution in [3.05, 3.63) is 59.2 Å². The van der Waals surface area contributed by atoms with Crippen molar-refractivity contribution in [3.8, 4) is 5.75 Å². The van der Waals surface area contributed by atoms with E-state index < -0.39 is 0 Å². The number of hydrogen-bond acceptors (Lipinski definition) is 2. The highest BCUT2D eigenvalue weighted by molar-refractivity contribution is 5.90. The van der Waals surface area contributed by atoms with Gasteiger partial charge in [-0.25, -0.2) is 4.79 Å². The van der Waals surface area contributed by atoms with E-state index in [1.54, 1.807) is 0 Å². The van der Waals surface area contributed by atoms with Gasteiger partial charge in [-0.05, 0) is 43.5 Å². The Morgan fingerprint density at radius 1 is 1.14 bits per heavy atom. The van der Waals surface area contributed by atoms with E-state index in [4.69, 9.17) is 4.74 Å². The lowest BCUT2D eigenvalue weighted by Crippen LogP contribution is -2.32. The monoisotopic (exact) mass is 298 g/mol. The van der Waals surface area contributed by atoms with E-state index in [2.05, 4.69) is 17.6 Å². The molecule has 0 bridgehead atoms. The van der Waals surface area contributed by atoms with E-state index in [1.807, 2.05) is 56.3 Å². The number of nitrogens with one attached hydrogen (secondary N) is 2. The highest BCUT2D eigenvalue weighted by Gasteiger charge is 2.05. The summed E-state index contributed by atoms with van der Waals surface area (Å²) in [5, 5.41) is 5.52. The number of anilines is 1. The summed E-state index contributed by atoms with van der Waals surface area (Å²) >= 11 is 0. The Labute approximate surface area is 131 Å². The first kappa shape index (κ1) is 15.9. The number of ether oxygens (including phenoxy) is 1. The zero-order chi connectivity index (χ0) is 15.9. The van der Waals surface area contributed by atoms with Gasteiger partial charge in [0, 0.05) is 5.69 Å². The van der Waals surface area contributed by atoms with Crippen LogP contribution >= 0.6 is 0 Å². The average molecular weight is 298 g/mol. The van der Waals surface area contributed by atoms with Crippen LogP contribution in [0.15, 0.2) is 42.5 Å². The van der Waals surface area contributed by atoms with Gasteiger partial charge < -0.3 is 15.4 Å². The summed E-state index contributed by atoms with van der Waals surface area (Å²) in [7, 11) is 0. The van der Waals surface area contributed by atoms with Crippen LogP contribution < -0.4 is 15.4 Å². The van der Waals surface area contributed by atoms with Crippen molar-refractivity contribution in [1.29, 1.82) is 0 Å². The fourth-order valence-corrected chi connectivity index (χ4v) is 2.24. The topological polar surface area (TPSA) is 50.4 Å². The molecule has 4 heteroatoms. The molecular formula is C18H22N2O2. The van der Waals surface area contributed by atoms with Gasteiger partial charge in [0.2, 0.25) is 0 Å². The highest BCUT2D eigenvalue weighted by Crippen LogP contribution is 2.18. The number of carbonyl (C=O) groups excluding carboxylic acids is 1. The van der Waals surface area contributed by atoms with Gasteiger partial charge in [-0.3, -0.25) is 0 Å². The van der Waals surface area contributed by atoms with Crippen molar-refractivity contribution in [2.45, 2.75) is 27.2 Å². The zero-order valence-electron chi connectivity index (χ0n) is 13.3. The Bertz CT molecular complexity index is 653. The van der Waals surface area contributed by atoms with Crippen LogP contribution in [0.4, 0.5) is 10.5 Å². The molecule has 2 aromatic carbocycles. The van der Waals surface area contributed by atoms with Gasteiger partial charge in [-0.15, -0.1) is 0 Å². The number of urea groups is 1. The third kappa shape index (κ3) is 4.25. The van der Waals surface area contributed by atoms with Gasteiger partial charge in [0.05, 0.1) is 0 Å². The SMILES string of the molecule is CCc1ccccc1OCNC(=O)Nc1ccc(C)cc1C. The molecule has 0 atom stereocenters. The van der Waals surface area contributed by atoms with Crippen molar-refractivity contribution in [1.82, 2.24) is 5.32 Å². The van der Waals surface area contributed by atoms with Crippen molar-refractivity contribution < 1.29 is 9.53 Å². The van der Waals surface area contributed by atoms with Crippen LogP contribution in [-0.2, 0) is 6.42 Å². The number of rotatable bonds is 5. The maximum atomic E-state index is 11.9. The fourth-order valence-electron chi connectivity index (χ4n) is 2.24. The maximum Gasteiger partial charge on any atom is 0.321 e. The Kier molecular flexibility index (Phi) is 5.42. The molecule has 116 valence electrons. The lowest BCUT2D eigenvalue weighted by Gasteiger charge is -2.13. The molecule has 0 saturated heterocycles. The molecule has 0 aliphatic rings. The predicted molar refractivity (Wildman–Crippen MR) is 89.4 cm³/mol. The predicted octanol–water partition coefficient (Wildman–Crippen LogP) is 4.02. The van der Waals surface area contributed by atoms with E-state index in [0.717, 1.165) is 29.0 Å². The van der Waals surface area contributed by atoms with Gasteiger partial charge in [-0.2, -0.15) is 0 Å². The summed E-state index contributed by atoms with van der Waals surface area (Å²) in [6, 6.07) is 13.4. The standard InChI is InChI=1S/C18H22N2O2/c1-4-15-7-5-6-8-17(15)22-12-19-18(21)20-16-10-9-13(2)11-14(16)3/h5-11H,4,12H2,1-3H3,(H2,19,20,21). The molecule has 0 saturated carbocycles. The van der Waals surface area contributed by atoms with Crippen LogP contribution in [0.2, 0.25) is 0 Å². The normalized spacial score (nSPS) is 10.1. The number of hydrogen-bond donors (Lipinski definition) is 2. The maximum absolute atomic E-state index is 11.9. The number of para-hydroxylation sites is 1. The minimum absolute atomic E-state index is 0.133. The van der Waals surface area contributed by atoms with E-state index in [-0.39, 0.29) is 12.8 Å². The quantitative estimate of drug-likeness (QED) is 0.819. The summed E-state index contributed by atoms with van der Waals surface area (Å²) in [6.45, 7) is 6.20. The Morgan fingerprint density at radius 2 is 1.91 bits per heavy atom. The molecule has 0 radical (unpaired) electrons. The van der Waals surface area contributed by atoms with E-state index >= 15 is 0 Å². The van der Waals surface area contributed by atoms with E-state index in [9.17, 15) is 4.79 Å². The second-order valence-corrected chi connectivity index (χ2v) is 5.20. The van der Waals surface area contributed by atoms with E-state index in [0.29, 0.717) is 0 Å². The molecule has 2 aromatic rings. The lowest BCUT2D eigenvalue weighted by atomic mass is 10.1. The summed E-state index contributed by atoms with van der Waals surface area (Å²) < 4.78 is 5.61. The molecule has 0 aliphatic carbocycles. The van der Waals surface area contributed by atoms with Crippen molar-refractivity contribution in [3.63, 3.8) is 0 Å². The zero-order valence-corrected chi connectivity index (χ0v) is 13.3. The second kappa shape index (κ2) is 7.50. The molecule has 2 N–H and O–H groups in total. The molecule has 0 spiro atoms. The Morgan fingerprint density at radius 3 is 2.64 bits per heavy atom. The molecule has 0 unspecified atom stereocenters. The minimum atomic E-state index is -0.277. The average Bonchev–Trinajstić information content (AvgIpc) is 2.50. The van der Waals surface area contributed by atoms with Gasteiger partial charge in [0.1, 0.15) is 5.75 Å². The Balaban J connectivity index is 1.85. The number of benzene rings is 2. The molecule has 0 fully saturated rings. The molecule has 2 amide bonds. The molecule has 0 heterocycles. The number of amides is 2. The summed E-state index contributed by atoms with van der Waals surface area (Å²) in [6.07, 6.45) is 0.894. The molecule has 0 aromatic heterocycles. The van der Waals surface area contributed by atoms with Gasteiger partial charge >= 0.3 is 6.03 Å². The van der Waals surface area contributed by atoms with Crippen LogP contribution in [-0.4, -0.2) is 12.8 Å². The number of carbonyl (C=O) groups is 1. The smallest absolute Gasteiger partial charge is 0.321 e. The molecule has 0 aliphatic heterocycles. The molecule has 4 nitrogen and oxygen atoms in total. The van der Waals surface area contributed by atoms with Crippen LogP contribution in [0.25, 0.3) is 0 Å². The van der Waals surface area contributed by atoms with Gasteiger partial charge in [0.15, 0.2) is 6.73 Å². The Hall–Kier alpha value is -2.49. The summed E-state index contributed by atoms with van der Waals surface area (Å²) in [4.78, 5) is 11.9.